The fourth-order valence-corrected chi connectivity index (χ4v) is 2.39. The van der Waals surface area contributed by atoms with Crippen LogP contribution in [0.15, 0.2) is 0 Å². The van der Waals surface area contributed by atoms with Gasteiger partial charge in [0.1, 0.15) is 0 Å². The van der Waals surface area contributed by atoms with E-state index in [0.717, 1.165) is 0 Å². The zero-order chi connectivity index (χ0) is 12.7. The molecule has 0 aromatic rings. The third-order valence-corrected chi connectivity index (χ3v) is 4.54. The largest absolute Gasteiger partial charge is 0.391 e. The third kappa shape index (κ3) is 2.10. The number of amides is 1. The first-order valence-corrected chi connectivity index (χ1v) is 6.08. The highest BCUT2D eigenvalue weighted by molar-refractivity contribution is 5.84. The fraction of sp³-hybridized carbons (Fsp3) is 0.923. The van der Waals surface area contributed by atoms with Crippen molar-refractivity contribution in [3.63, 3.8) is 0 Å². The van der Waals surface area contributed by atoms with Gasteiger partial charge in [-0.1, -0.05) is 41.5 Å². The van der Waals surface area contributed by atoms with Crippen LogP contribution in [0.4, 0.5) is 0 Å². The van der Waals surface area contributed by atoms with Crippen molar-refractivity contribution >= 4 is 5.91 Å². The van der Waals surface area contributed by atoms with Crippen molar-refractivity contribution < 1.29 is 9.90 Å². The minimum Gasteiger partial charge on any atom is -0.391 e. The van der Waals surface area contributed by atoms with Gasteiger partial charge in [0, 0.05) is 12.5 Å². The molecule has 3 heteroatoms. The van der Waals surface area contributed by atoms with Gasteiger partial charge in [0.15, 0.2) is 0 Å². The van der Waals surface area contributed by atoms with Crippen molar-refractivity contribution in [2.24, 2.45) is 22.7 Å². The van der Waals surface area contributed by atoms with Gasteiger partial charge < -0.3 is 10.4 Å². The molecule has 1 atom stereocenters. The van der Waals surface area contributed by atoms with Crippen molar-refractivity contribution in [1.82, 2.24) is 5.32 Å². The van der Waals surface area contributed by atoms with Crippen LogP contribution in [-0.4, -0.2) is 23.7 Å². The van der Waals surface area contributed by atoms with Gasteiger partial charge in [-0.05, 0) is 16.7 Å². The molecule has 1 amide bonds. The minimum atomic E-state index is -0.450. The molecule has 0 heterocycles. The Morgan fingerprint density at radius 2 is 1.69 bits per heavy atom. The molecule has 0 spiro atoms. The molecule has 0 aromatic heterocycles. The maximum absolute atomic E-state index is 11.9. The van der Waals surface area contributed by atoms with Crippen molar-refractivity contribution in [3.05, 3.63) is 0 Å². The van der Waals surface area contributed by atoms with E-state index in [1.807, 2.05) is 13.8 Å². The number of aliphatic hydroxyl groups excluding tert-OH is 1. The fourth-order valence-electron chi connectivity index (χ4n) is 2.39. The third-order valence-electron chi connectivity index (χ3n) is 4.54. The Morgan fingerprint density at radius 1 is 1.25 bits per heavy atom. The first kappa shape index (κ1) is 13.5. The number of rotatable bonds is 4. The second kappa shape index (κ2) is 4.02. The van der Waals surface area contributed by atoms with Crippen molar-refractivity contribution in [2.75, 3.05) is 6.54 Å². The van der Waals surface area contributed by atoms with Gasteiger partial charge in [0.25, 0.3) is 0 Å². The topological polar surface area (TPSA) is 49.3 Å². The molecule has 1 unspecified atom stereocenters. The lowest BCUT2D eigenvalue weighted by atomic mass is 10.0. The van der Waals surface area contributed by atoms with Gasteiger partial charge in [-0.15, -0.1) is 0 Å². The smallest absolute Gasteiger partial charge is 0.224 e. The van der Waals surface area contributed by atoms with Crippen molar-refractivity contribution in [3.8, 4) is 0 Å². The predicted octanol–water partition coefficient (Wildman–Crippen LogP) is 1.80. The lowest BCUT2D eigenvalue weighted by Gasteiger charge is -2.15. The normalized spacial score (nSPS) is 24.2. The average Bonchev–Trinajstić information content (AvgIpc) is 2.53. The Balaban J connectivity index is 2.45. The zero-order valence-electron chi connectivity index (χ0n) is 11.3. The second-order valence-electron chi connectivity index (χ2n) is 6.43. The number of hydrogen-bond acceptors (Lipinski definition) is 2. The van der Waals surface area contributed by atoms with Gasteiger partial charge >= 0.3 is 0 Å². The molecule has 16 heavy (non-hydrogen) atoms. The Kier molecular flexibility index (Phi) is 3.39. The summed E-state index contributed by atoms with van der Waals surface area (Å²) in [5, 5.41) is 12.5. The monoisotopic (exact) mass is 227 g/mol. The Bertz CT molecular complexity index is 268. The molecule has 0 saturated heterocycles. The van der Waals surface area contributed by atoms with Crippen molar-refractivity contribution in [1.29, 1.82) is 0 Å². The molecule has 94 valence electrons. The van der Waals surface area contributed by atoms with Crippen LogP contribution in [0.2, 0.25) is 0 Å². The molecule has 0 bridgehead atoms. The van der Waals surface area contributed by atoms with E-state index in [-0.39, 0.29) is 28.6 Å². The van der Waals surface area contributed by atoms with Gasteiger partial charge in [-0.3, -0.25) is 4.79 Å². The molecule has 2 N–H and O–H groups in total. The van der Waals surface area contributed by atoms with E-state index < -0.39 is 6.10 Å². The number of carbonyl (C=O) groups is 1. The molecule has 3 nitrogen and oxygen atoms in total. The van der Waals surface area contributed by atoms with E-state index in [2.05, 4.69) is 33.0 Å². The summed E-state index contributed by atoms with van der Waals surface area (Å²) in [4.78, 5) is 11.9. The number of nitrogens with one attached hydrogen (secondary N) is 1. The highest BCUT2D eigenvalue weighted by atomic mass is 16.3. The average molecular weight is 227 g/mol. The highest BCUT2D eigenvalue weighted by Crippen LogP contribution is 2.68. The van der Waals surface area contributed by atoms with Gasteiger partial charge in [-0.2, -0.15) is 0 Å². The zero-order valence-corrected chi connectivity index (χ0v) is 11.3. The summed E-state index contributed by atoms with van der Waals surface area (Å²) in [6, 6.07) is 0. The molecule has 1 aliphatic carbocycles. The maximum atomic E-state index is 11.9. The SMILES string of the molecule is CC(C)C(O)CNC(=O)C1C(C)(C)C1(C)C. The van der Waals surface area contributed by atoms with E-state index in [4.69, 9.17) is 0 Å². The lowest BCUT2D eigenvalue weighted by Crippen LogP contribution is -2.36. The molecular formula is C13H25NO2. The Hall–Kier alpha value is -0.570. The van der Waals surface area contributed by atoms with Crippen LogP contribution in [0.25, 0.3) is 0 Å². The van der Waals surface area contributed by atoms with Crippen molar-refractivity contribution in [2.45, 2.75) is 47.6 Å². The molecule has 1 saturated carbocycles. The van der Waals surface area contributed by atoms with Crippen LogP contribution in [0.5, 0.6) is 0 Å². The van der Waals surface area contributed by atoms with E-state index >= 15 is 0 Å². The summed E-state index contributed by atoms with van der Waals surface area (Å²) in [5.41, 5.74) is 0.139. The van der Waals surface area contributed by atoms with Gasteiger partial charge in [0.2, 0.25) is 5.91 Å². The first-order valence-electron chi connectivity index (χ1n) is 6.08. The maximum Gasteiger partial charge on any atom is 0.224 e. The Labute approximate surface area is 98.6 Å². The summed E-state index contributed by atoms with van der Waals surface area (Å²) in [6.07, 6.45) is -0.450. The van der Waals surface area contributed by atoms with Crippen LogP contribution in [0, 0.1) is 22.7 Å². The molecular weight excluding hydrogens is 202 g/mol. The standard InChI is InChI=1S/C13H25NO2/c1-8(2)9(15)7-14-11(16)10-12(3,4)13(10,5)6/h8-10,15H,7H2,1-6H3,(H,14,16). The molecule has 1 rings (SSSR count). The van der Waals surface area contributed by atoms with E-state index in [1.165, 1.54) is 0 Å². The molecule has 0 aliphatic heterocycles. The van der Waals surface area contributed by atoms with Crippen LogP contribution >= 0.6 is 0 Å². The van der Waals surface area contributed by atoms with Crippen LogP contribution in [0.3, 0.4) is 0 Å². The highest BCUT2D eigenvalue weighted by Gasteiger charge is 2.68. The van der Waals surface area contributed by atoms with E-state index in [1.54, 1.807) is 0 Å². The van der Waals surface area contributed by atoms with E-state index in [0.29, 0.717) is 6.54 Å². The number of aliphatic hydroxyl groups is 1. The van der Waals surface area contributed by atoms with Crippen LogP contribution in [0.1, 0.15) is 41.5 Å². The lowest BCUT2D eigenvalue weighted by molar-refractivity contribution is -0.124. The molecule has 0 aromatic carbocycles. The number of carbonyl (C=O) groups excluding carboxylic acids is 1. The summed E-state index contributed by atoms with van der Waals surface area (Å²) in [6.45, 7) is 12.7. The summed E-state index contributed by atoms with van der Waals surface area (Å²) in [7, 11) is 0. The van der Waals surface area contributed by atoms with Gasteiger partial charge in [0.05, 0.1) is 6.10 Å². The minimum absolute atomic E-state index is 0.0689. The second-order valence-corrected chi connectivity index (χ2v) is 6.43. The van der Waals surface area contributed by atoms with Gasteiger partial charge in [-0.25, -0.2) is 0 Å². The van der Waals surface area contributed by atoms with Crippen LogP contribution < -0.4 is 5.32 Å². The molecule has 1 fully saturated rings. The summed E-state index contributed by atoms with van der Waals surface area (Å²) in [5.74, 6) is 0.328. The summed E-state index contributed by atoms with van der Waals surface area (Å²) < 4.78 is 0. The summed E-state index contributed by atoms with van der Waals surface area (Å²) >= 11 is 0. The molecule has 1 aliphatic rings. The number of hydrogen-bond donors (Lipinski definition) is 2. The molecule has 0 radical (unpaired) electrons. The van der Waals surface area contributed by atoms with E-state index in [9.17, 15) is 9.90 Å². The Morgan fingerprint density at radius 3 is 2.00 bits per heavy atom. The van der Waals surface area contributed by atoms with Crippen LogP contribution in [-0.2, 0) is 4.79 Å². The first-order chi connectivity index (χ1) is 7.12. The quantitative estimate of drug-likeness (QED) is 0.769. The predicted molar refractivity (Wildman–Crippen MR) is 64.9 cm³/mol.